The van der Waals surface area contributed by atoms with Crippen molar-refractivity contribution in [1.82, 2.24) is 0 Å². The Morgan fingerprint density at radius 2 is 2.00 bits per heavy atom. The lowest BCUT2D eigenvalue weighted by molar-refractivity contribution is -0.138. The second kappa shape index (κ2) is 5.03. The molecule has 0 aromatic heterocycles. The summed E-state index contributed by atoms with van der Waals surface area (Å²) in [5, 5.41) is 8.31. The summed E-state index contributed by atoms with van der Waals surface area (Å²) in [7, 11) is 0. The summed E-state index contributed by atoms with van der Waals surface area (Å²) in [5.41, 5.74) is 10.3. The normalized spacial score (nSPS) is 15.9. The van der Waals surface area contributed by atoms with Crippen LogP contribution in [0.1, 0.15) is 12.8 Å². The van der Waals surface area contributed by atoms with Gasteiger partial charge in [0.2, 0.25) is 0 Å². The molecule has 66 valence electrons. The summed E-state index contributed by atoms with van der Waals surface area (Å²) in [5.74, 6) is -1.07. The predicted octanol–water partition coefficient (Wildman–Crippen LogP) is -0.525. The van der Waals surface area contributed by atoms with Crippen LogP contribution in [0.5, 0.6) is 0 Å². The molecule has 0 saturated carbocycles. The van der Waals surface area contributed by atoms with Gasteiger partial charge in [-0.05, 0) is 12.8 Å². The summed E-state index contributed by atoms with van der Waals surface area (Å²) in [6.45, 7) is -0.633. The Labute approximate surface area is 64.4 Å². The summed E-state index contributed by atoms with van der Waals surface area (Å²) in [4.78, 5) is 10.1. The first-order valence-electron chi connectivity index (χ1n) is 3.38. The molecule has 5 heteroatoms. The molecule has 0 rings (SSSR count). The minimum absolute atomic E-state index is 0.223. The molecule has 0 amide bonds. The van der Waals surface area contributed by atoms with Crippen molar-refractivity contribution < 1.29 is 14.3 Å². The molecule has 0 heterocycles. The van der Waals surface area contributed by atoms with Crippen molar-refractivity contribution in [2.75, 3.05) is 6.67 Å². The molecule has 5 N–H and O–H groups in total. The van der Waals surface area contributed by atoms with E-state index in [4.69, 9.17) is 16.6 Å². The van der Waals surface area contributed by atoms with Gasteiger partial charge in [0.25, 0.3) is 0 Å². The number of aliphatic carboxylic acids is 1. The number of carboxylic acids is 1. The quantitative estimate of drug-likeness (QED) is 0.508. The van der Waals surface area contributed by atoms with E-state index < -0.39 is 24.7 Å². The van der Waals surface area contributed by atoms with E-state index >= 15 is 0 Å². The second-order valence-electron chi connectivity index (χ2n) is 2.44. The van der Waals surface area contributed by atoms with Crippen LogP contribution in [0.25, 0.3) is 0 Å². The van der Waals surface area contributed by atoms with Crippen LogP contribution in [0.3, 0.4) is 0 Å². The molecule has 0 aliphatic carbocycles. The highest BCUT2D eigenvalue weighted by Crippen LogP contribution is 1.98. The van der Waals surface area contributed by atoms with Crippen LogP contribution < -0.4 is 11.5 Å². The van der Waals surface area contributed by atoms with Gasteiger partial charge in [-0.2, -0.15) is 0 Å². The molecule has 0 fully saturated rings. The number of nitrogens with two attached hydrogens (primary N) is 2. The predicted molar refractivity (Wildman–Crippen MR) is 38.8 cm³/mol. The molecule has 0 spiro atoms. The van der Waals surface area contributed by atoms with Crippen LogP contribution in [0, 0.1) is 0 Å². The maximum Gasteiger partial charge on any atom is 0.320 e. The van der Waals surface area contributed by atoms with E-state index in [2.05, 4.69) is 0 Å². The van der Waals surface area contributed by atoms with Crippen molar-refractivity contribution in [3.63, 3.8) is 0 Å². The van der Waals surface area contributed by atoms with E-state index in [1.807, 2.05) is 0 Å². The summed E-state index contributed by atoms with van der Waals surface area (Å²) < 4.78 is 11.7. The lowest BCUT2D eigenvalue weighted by Crippen LogP contribution is -2.33. The molecule has 4 nitrogen and oxygen atoms in total. The average Bonchev–Trinajstić information content (AvgIpc) is 1.99. The van der Waals surface area contributed by atoms with Gasteiger partial charge in [-0.3, -0.25) is 4.79 Å². The third-order valence-corrected chi connectivity index (χ3v) is 1.36. The number of alkyl halides is 1. The molecule has 0 aliphatic rings. The van der Waals surface area contributed by atoms with E-state index in [1.165, 1.54) is 0 Å². The van der Waals surface area contributed by atoms with Gasteiger partial charge in [0, 0.05) is 6.04 Å². The van der Waals surface area contributed by atoms with E-state index in [-0.39, 0.29) is 6.42 Å². The topological polar surface area (TPSA) is 89.3 Å². The van der Waals surface area contributed by atoms with Gasteiger partial charge >= 0.3 is 5.97 Å². The highest BCUT2D eigenvalue weighted by Gasteiger charge is 2.12. The van der Waals surface area contributed by atoms with Crippen LogP contribution >= 0.6 is 0 Å². The minimum atomic E-state index is -1.07. The average molecular weight is 163 g/mol. The van der Waals surface area contributed by atoms with Gasteiger partial charge in [-0.15, -0.1) is 0 Å². The standard InChI is InChI=1S/C6H13FN2O2/c7-3-4(8)1-2-5(9)6(10)11/h4-5H,1-3,8-9H2,(H,10,11)/t4?,5-/m0/s1/i7-1. The molecule has 0 aliphatic heterocycles. The number of halogens is 1. The maximum absolute atomic E-state index is 11.7. The molecule has 0 radical (unpaired) electrons. The number of rotatable bonds is 5. The van der Waals surface area contributed by atoms with Gasteiger partial charge in [-0.25, -0.2) is 4.39 Å². The van der Waals surface area contributed by atoms with Crippen LogP contribution in [0.15, 0.2) is 0 Å². The first-order chi connectivity index (χ1) is 5.07. The number of carbonyl (C=O) groups is 1. The summed E-state index contributed by atoms with van der Waals surface area (Å²) in [6, 6.07) is -1.51. The van der Waals surface area contributed by atoms with Crippen molar-refractivity contribution in [2.45, 2.75) is 24.9 Å². The van der Waals surface area contributed by atoms with E-state index in [0.29, 0.717) is 6.42 Å². The van der Waals surface area contributed by atoms with Crippen molar-refractivity contribution >= 4 is 5.97 Å². The van der Waals surface area contributed by atoms with Crippen molar-refractivity contribution in [2.24, 2.45) is 11.5 Å². The van der Waals surface area contributed by atoms with E-state index in [1.54, 1.807) is 0 Å². The van der Waals surface area contributed by atoms with Gasteiger partial charge in [-0.1, -0.05) is 0 Å². The van der Waals surface area contributed by atoms with Crippen molar-refractivity contribution in [1.29, 1.82) is 0 Å². The van der Waals surface area contributed by atoms with Crippen LogP contribution in [0.4, 0.5) is 4.39 Å². The second-order valence-corrected chi connectivity index (χ2v) is 2.44. The summed E-state index contributed by atoms with van der Waals surface area (Å²) in [6.07, 6.45) is 0.532. The Kier molecular flexibility index (Phi) is 4.72. The first kappa shape index (κ1) is 10.3. The molecule has 0 aromatic carbocycles. The zero-order chi connectivity index (χ0) is 8.85. The van der Waals surface area contributed by atoms with Gasteiger partial charge in [0.1, 0.15) is 12.7 Å². The largest absolute Gasteiger partial charge is 0.480 e. The van der Waals surface area contributed by atoms with Crippen molar-refractivity contribution in [3.05, 3.63) is 0 Å². The molecule has 0 aromatic rings. The first-order valence-corrected chi connectivity index (χ1v) is 3.38. The third-order valence-electron chi connectivity index (χ3n) is 1.36. The molecule has 1 unspecified atom stereocenters. The van der Waals surface area contributed by atoms with Crippen LogP contribution in [0.2, 0.25) is 0 Å². The van der Waals surface area contributed by atoms with Crippen LogP contribution in [-0.2, 0) is 4.79 Å². The fourth-order valence-electron chi connectivity index (χ4n) is 0.594. The fraction of sp³-hybridized carbons (Fsp3) is 0.833. The highest BCUT2D eigenvalue weighted by molar-refractivity contribution is 5.72. The monoisotopic (exact) mass is 163 g/mol. The minimum Gasteiger partial charge on any atom is -0.480 e. The Balaban J connectivity index is 3.45. The zero-order valence-electron chi connectivity index (χ0n) is 6.16. The number of hydrogen-bond donors (Lipinski definition) is 3. The van der Waals surface area contributed by atoms with Crippen molar-refractivity contribution in [3.8, 4) is 0 Å². The fourth-order valence-corrected chi connectivity index (χ4v) is 0.594. The Bertz CT molecular complexity index is 132. The Morgan fingerprint density at radius 3 is 2.36 bits per heavy atom. The maximum atomic E-state index is 11.7. The number of hydrogen-bond acceptors (Lipinski definition) is 3. The summed E-state index contributed by atoms with van der Waals surface area (Å²) >= 11 is 0. The molecule has 2 atom stereocenters. The third kappa shape index (κ3) is 4.69. The zero-order valence-corrected chi connectivity index (χ0v) is 6.16. The SMILES string of the molecule is NC(C[18F])CC[C@H](N)C(=O)O. The Hall–Kier alpha value is -0.680. The molecular formula is C6H13FN2O2. The van der Waals surface area contributed by atoms with Gasteiger partial charge in [0.05, 0.1) is 0 Å². The molecule has 11 heavy (non-hydrogen) atoms. The smallest absolute Gasteiger partial charge is 0.320 e. The van der Waals surface area contributed by atoms with E-state index in [0.717, 1.165) is 0 Å². The van der Waals surface area contributed by atoms with E-state index in [9.17, 15) is 9.18 Å². The Morgan fingerprint density at radius 1 is 1.45 bits per heavy atom. The molecule has 0 saturated heterocycles. The highest BCUT2D eigenvalue weighted by atomic mass is 18.2. The van der Waals surface area contributed by atoms with Gasteiger partial charge < -0.3 is 16.6 Å². The lowest BCUT2D eigenvalue weighted by Gasteiger charge is -2.08. The van der Waals surface area contributed by atoms with Crippen LogP contribution in [-0.4, -0.2) is 29.8 Å². The molecular weight excluding hydrogens is 150 g/mol. The molecule has 0 bridgehead atoms. The lowest BCUT2D eigenvalue weighted by atomic mass is 10.1. The van der Waals surface area contributed by atoms with Gasteiger partial charge in [0.15, 0.2) is 0 Å². The number of carboxylic acid groups (broad SMARTS) is 1.